The van der Waals surface area contributed by atoms with E-state index in [2.05, 4.69) is 37.6 Å². The van der Waals surface area contributed by atoms with E-state index in [-0.39, 0.29) is 0 Å². The Morgan fingerprint density at radius 3 is 2.56 bits per heavy atom. The fourth-order valence-corrected chi connectivity index (χ4v) is 2.56. The molecule has 1 rings (SSSR count). The van der Waals surface area contributed by atoms with Crippen LogP contribution in [0.5, 0.6) is 0 Å². The molecule has 0 amide bonds. The van der Waals surface area contributed by atoms with Gasteiger partial charge in [0.1, 0.15) is 0 Å². The summed E-state index contributed by atoms with van der Waals surface area (Å²) in [7, 11) is 0. The van der Waals surface area contributed by atoms with E-state index in [1.54, 1.807) is 0 Å². The highest BCUT2D eigenvalue weighted by Gasteiger charge is 2.19. The molecule has 16 heavy (non-hydrogen) atoms. The van der Waals surface area contributed by atoms with Crippen molar-refractivity contribution in [3.8, 4) is 0 Å². The van der Waals surface area contributed by atoms with Crippen LogP contribution >= 0.6 is 0 Å². The molecule has 1 unspecified atom stereocenters. The highest BCUT2D eigenvalue weighted by molar-refractivity contribution is 4.93. The normalized spacial score (nSPS) is 20.9. The number of hydrogen-bond acceptors (Lipinski definition) is 2. The van der Waals surface area contributed by atoms with Crippen LogP contribution < -0.4 is 5.32 Å². The summed E-state index contributed by atoms with van der Waals surface area (Å²) < 4.78 is 0. The van der Waals surface area contributed by atoms with Crippen molar-refractivity contribution in [2.75, 3.05) is 19.6 Å². The quantitative estimate of drug-likeness (QED) is 0.698. The standard InChI is InChI=1S/C14H28N2/c1-5-6-13(4)15-14-7-9-16(10-8-14)11-12(2)3/h13-15H,2,5-11H2,1,3-4H3. The van der Waals surface area contributed by atoms with Crippen LogP contribution in [0.1, 0.15) is 46.5 Å². The molecule has 1 aliphatic heterocycles. The van der Waals surface area contributed by atoms with Gasteiger partial charge < -0.3 is 5.32 Å². The van der Waals surface area contributed by atoms with E-state index in [9.17, 15) is 0 Å². The maximum atomic E-state index is 3.98. The zero-order chi connectivity index (χ0) is 12.0. The molecule has 2 heteroatoms. The van der Waals surface area contributed by atoms with Crippen molar-refractivity contribution in [1.29, 1.82) is 0 Å². The van der Waals surface area contributed by atoms with Crippen molar-refractivity contribution < 1.29 is 0 Å². The van der Waals surface area contributed by atoms with Gasteiger partial charge in [-0.1, -0.05) is 25.5 Å². The number of piperidine rings is 1. The molecule has 0 aromatic heterocycles. The van der Waals surface area contributed by atoms with Gasteiger partial charge >= 0.3 is 0 Å². The van der Waals surface area contributed by atoms with Crippen LogP contribution in [0.3, 0.4) is 0 Å². The molecule has 0 saturated carbocycles. The van der Waals surface area contributed by atoms with Gasteiger partial charge in [-0.3, -0.25) is 4.90 Å². The third-order valence-corrected chi connectivity index (χ3v) is 3.32. The molecule has 1 saturated heterocycles. The molecular formula is C14H28N2. The molecule has 0 spiro atoms. The Morgan fingerprint density at radius 1 is 1.44 bits per heavy atom. The molecule has 1 N–H and O–H groups in total. The Labute approximate surface area is 101 Å². The second-order valence-corrected chi connectivity index (χ2v) is 5.36. The van der Waals surface area contributed by atoms with Crippen LogP contribution in [0, 0.1) is 0 Å². The van der Waals surface area contributed by atoms with E-state index in [1.807, 2.05) is 0 Å². The smallest absolute Gasteiger partial charge is 0.0187 e. The Kier molecular flexibility index (Phi) is 6.07. The number of rotatable bonds is 6. The summed E-state index contributed by atoms with van der Waals surface area (Å²) in [6.45, 7) is 14.2. The second-order valence-electron chi connectivity index (χ2n) is 5.36. The predicted molar refractivity (Wildman–Crippen MR) is 71.8 cm³/mol. The number of likely N-dealkylation sites (tertiary alicyclic amines) is 1. The van der Waals surface area contributed by atoms with E-state index in [0.717, 1.165) is 12.6 Å². The van der Waals surface area contributed by atoms with Crippen molar-refractivity contribution >= 4 is 0 Å². The SMILES string of the molecule is C=C(C)CN1CCC(NC(C)CCC)CC1. The van der Waals surface area contributed by atoms with Gasteiger partial charge in [0.25, 0.3) is 0 Å². The van der Waals surface area contributed by atoms with Gasteiger partial charge in [-0.25, -0.2) is 0 Å². The molecule has 0 aromatic carbocycles. The van der Waals surface area contributed by atoms with E-state index in [4.69, 9.17) is 0 Å². The maximum Gasteiger partial charge on any atom is 0.0187 e. The van der Waals surface area contributed by atoms with Crippen LogP contribution in [-0.4, -0.2) is 36.6 Å². The third-order valence-electron chi connectivity index (χ3n) is 3.32. The van der Waals surface area contributed by atoms with Crippen molar-refractivity contribution in [1.82, 2.24) is 10.2 Å². The lowest BCUT2D eigenvalue weighted by atomic mass is 10.0. The highest BCUT2D eigenvalue weighted by Crippen LogP contribution is 2.12. The largest absolute Gasteiger partial charge is 0.311 e. The third kappa shape index (κ3) is 5.13. The fraction of sp³-hybridized carbons (Fsp3) is 0.857. The Hall–Kier alpha value is -0.340. The Balaban J connectivity index is 2.18. The first kappa shape index (κ1) is 13.7. The minimum absolute atomic E-state index is 0.683. The Morgan fingerprint density at radius 2 is 2.06 bits per heavy atom. The molecule has 0 radical (unpaired) electrons. The zero-order valence-electron chi connectivity index (χ0n) is 11.3. The van der Waals surface area contributed by atoms with Gasteiger partial charge in [0, 0.05) is 18.6 Å². The summed E-state index contributed by atoms with van der Waals surface area (Å²) in [4.78, 5) is 2.52. The molecule has 0 aromatic rings. The lowest BCUT2D eigenvalue weighted by Crippen LogP contribution is -2.45. The topological polar surface area (TPSA) is 15.3 Å². The van der Waals surface area contributed by atoms with Crippen LogP contribution in [0.25, 0.3) is 0 Å². The van der Waals surface area contributed by atoms with Crippen LogP contribution in [-0.2, 0) is 0 Å². The van der Waals surface area contributed by atoms with E-state index in [0.29, 0.717) is 6.04 Å². The molecule has 1 fully saturated rings. The van der Waals surface area contributed by atoms with Crippen molar-refractivity contribution in [2.45, 2.75) is 58.5 Å². The Bertz CT molecular complexity index is 205. The van der Waals surface area contributed by atoms with Crippen molar-refractivity contribution in [3.05, 3.63) is 12.2 Å². The summed E-state index contributed by atoms with van der Waals surface area (Å²) in [6, 6.07) is 1.42. The van der Waals surface area contributed by atoms with E-state index in [1.165, 1.54) is 44.3 Å². The number of nitrogens with one attached hydrogen (secondary N) is 1. The summed E-state index contributed by atoms with van der Waals surface area (Å²) >= 11 is 0. The fourth-order valence-electron chi connectivity index (χ4n) is 2.56. The van der Waals surface area contributed by atoms with Gasteiger partial charge in [0.2, 0.25) is 0 Å². The van der Waals surface area contributed by atoms with Gasteiger partial charge in [0.05, 0.1) is 0 Å². The van der Waals surface area contributed by atoms with Crippen LogP contribution in [0.15, 0.2) is 12.2 Å². The van der Waals surface area contributed by atoms with Gasteiger partial charge in [-0.15, -0.1) is 0 Å². The second kappa shape index (κ2) is 7.08. The molecular weight excluding hydrogens is 196 g/mol. The first-order valence-corrected chi connectivity index (χ1v) is 6.74. The minimum atomic E-state index is 0.683. The zero-order valence-corrected chi connectivity index (χ0v) is 11.3. The summed E-state index contributed by atoms with van der Waals surface area (Å²) in [5.41, 5.74) is 1.28. The molecule has 1 atom stereocenters. The molecule has 2 nitrogen and oxygen atoms in total. The molecule has 0 aliphatic carbocycles. The predicted octanol–water partition coefficient (Wildman–Crippen LogP) is 2.81. The van der Waals surface area contributed by atoms with Crippen LogP contribution in [0.4, 0.5) is 0 Å². The minimum Gasteiger partial charge on any atom is -0.311 e. The van der Waals surface area contributed by atoms with Gasteiger partial charge in [-0.2, -0.15) is 0 Å². The first-order chi connectivity index (χ1) is 7.61. The monoisotopic (exact) mass is 224 g/mol. The number of hydrogen-bond donors (Lipinski definition) is 1. The highest BCUT2D eigenvalue weighted by atomic mass is 15.1. The first-order valence-electron chi connectivity index (χ1n) is 6.74. The van der Waals surface area contributed by atoms with Crippen molar-refractivity contribution in [3.63, 3.8) is 0 Å². The number of nitrogens with zero attached hydrogens (tertiary/aromatic N) is 1. The van der Waals surface area contributed by atoms with Crippen molar-refractivity contribution in [2.24, 2.45) is 0 Å². The average molecular weight is 224 g/mol. The molecule has 94 valence electrons. The lowest BCUT2D eigenvalue weighted by molar-refractivity contribution is 0.203. The summed E-state index contributed by atoms with van der Waals surface area (Å²) in [6.07, 6.45) is 5.16. The maximum absolute atomic E-state index is 3.98. The van der Waals surface area contributed by atoms with Gasteiger partial charge in [0.15, 0.2) is 0 Å². The van der Waals surface area contributed by atoms with Gasteiger partial charge in [-0.05, 0) is 46.2 Å². The summed E-state index contributed by atoms with van der Waals surface area (Å²) in [5.74, 6) is 0. The lowest BCUT2D eigenvalue weighted by Gasteiger charge is -2.34. The van der Waals surface area contributed by atoms with E-state index >= 15 is 0 Å². The average Bonchev–Trinajstić information content (AvgIpc) is 2.20. The summed E-state index contributed by atoms with van der Waals surface area (Å²) in [5, 5.41) is 3.74. The molecule has 1 heterocycles. The molecule has 0 bridgehead atoms. The molecule has 1 aliphatic rings. The van der Waals surface area contributed by atoms with E-state index < -0.39 is 0 Å². The van der Waals surface area contributed by atoms with Crippen LogP contribution in [0.2, 0.25) is 0 Å².